The Labute approximate surface area is 251 Å². The Morgan fingerprint density at radius 1 is 1.07 bits per heavy atom. The van der Waals surface area contributed by atoms with Gasteiger partial charge in [0.15, 0.2) is 11.5 Å². The van der Waals surface area contributed by atoms with Gasteiger partial charge in [-0.25, -0.2) is 0 Å². The molecule has 0 spiro atoms. The molecular weight excluding hydrogens is 552 g/mol. The van der Waals surface area contributed by atoms with Gasteiger partial charge in [0, 0.05) is 30.7 Å². The number of ether oxygens (including phenoxy) is 1. The molecule has 0 saturated heterocycles. The van der Waals surface area contributed by atoms with Crippen LogP contribution in [0.15, 0.2) is 58.4 Å². The Balaban J connectivity index is 1.35. The number of fused-ring (bicyclic) bond motifs is 1. The quantitative estimate of drug-likeness (QED) is 0.131. The van der Waals surface area contributed by atoms with E-state index in [1.165, 1.54) is 12.1 Å². The van der Waals surface area contributed by atoms with Crippen LogP contribution in [0.5, 0.6) is 17.2 Å². The molecule has 2 aromatic rings. The van der Waals surface area contributed by atoms with E-state index in [4.69, 9.17) is 16.2 Å². The monoisotopic (exact) mass is 595 g/mol. The van der Waals surface area contributed by atoms with Gasteiger partial charge in [0.05, 0.1) is 25.0 Å². The minimum absolute atomic E-state index is 0.0659. The molecule has 0 saturated carbocycles. The number of nitrogens with zero attached hydrogens (tertiary/aromatic N) is 1. The van der Waals surface area contributed by atoms with E-state index >= 15 is 0 Å². The molecule has 1 unspecified atom stereocenters. The van der Waals surface area contributed by atoms with Crippen LogP contribution in [-0.4, -0.2) is 63.0 Å². The number of carbonyl (C=O) groups is 1. The number of carbonyl (C=O) groups excluding carboxylic acids is 1. The zero-order valence-electron chi connectivity index (χ0n) is 24.5. The summed E-state index contributed by atoms with van der Waals surface area (Å²) >= 11 is 0. The number of ketones is 1. The van der Waals surface area contributed by atoms with Gasteiger partial charge in [-0.05, 0) is 59.6 Å². The molecule has 4 rings (SSSR count). The molecule has 3 atom stereocenters. The van der Waals surface area contributed by atoms with E-state index in [2.05, 4.69) is 4.99 Å². The van der Waals surface area contributed by atoms with Crippen LogP contribution in [0.1, 0.15) is 67.4 Å². The summed E-state index contributed by atoms with van der Waals surface area (Å²) in [6, 6.07) is 8.29. The lowest BCUT2D eigenvalue weighted by Gasteiger charge is -2.16. The van der Waals surface area contributed by atoms with E-state index in [1.807, 2.05) is 37.5 Å². The first-order valence-electron chi connectivity index (χ1n) is 14.7. The first-order valence-corrected chi connectivity index (χ1v) is 14.7. The zero-order valence-corrected chi connectivity index (χ0v) is 24.5. The lowest BCUT2D eigenvalue weighted by Crippen LogP contribution is -3.07. The highest BCUT2D eigenvalue weighted by atomic mass is 16.5. The molecule has 2 aromatic carbocycles. The average molecular weight is 596 g/mol. The minimum atomic E-state index is -0.912. The number of allylic oxidation sites excluding steroid dienone is 1. The van der Waals surface area contributed by atoms with Crippen molar-refractivity contribution < 1.29 is 40.0 Å². The number of aliphatic imine (C=N–C) groups is 1. The molecule has 2 aliphatic heterocycles. The topological polar surface area (TPSA) is 196 Å². The number of benzene rings is 2. The van der Waals surface area contributed by atoms with E-state index in [9.17, 15) is 30.3 Å². The van der Waals surface area contributed by atoms with Gasteiger partial charge >= 0.3 is 0 Å². The third-order valence-electron chi connectivity index (χ3n) is 7.84. The van der Waals surface area contributed by atoms with Crippen molar-refractivity contribution in [2.24, 2.45) is 16.5 Å². The number of aryl methyl sites for hydroxylation is 1. The normalized spacial score (nSPS) is 17.4. The van der Waals surface area contributed by atoms with Crippen LogP contribution in [0.3, 0.4) is 0 Å². The molecule has 10 N–H and O–H groups in total. The van der Waals surface area contributed by atoms with Crippen LogP contribution in [0.2, 0.25) is 0 Å². The number of nitrogens with two attached hydrogens (primary N) is 2. The summed E-state index contributed by atoms with van der Waals surface area (Å²) in [5.41, 5.74) is 17.6. The first-order chi connectivity index (χ1) is 20.6. The molecule has 0 aliphatic carbocycles. The van der Waals surface area contributed by atoms with Crippen molar-refractivity contribution in [3.63, 3.8) is 0 Å². The van der Waals surface area contributed by atoms with Crippen molar-refractivity contribution in [3.05, 3.63) is 75.6 Å². The largest absolute Gasteiger partial charge is 0.508 e. The Kier molecular flexibility index (Phi) is 11.1. The predicted molar refractivity (Wildman–Crippen MR) is 161 cm³/mol. The highest BCUT2D eigenvalue weighted by molar-refractivity contribution is 5.87. The Bertz CT molecular complexity index is 1400. The predicted octanol–water partition coefficient (Wildman–Crippen LogP) is 1.01. The fourth-order valence-corrected chi connectivity index (χ4v) is 5.46. The van der Waals surface area contributed by atoms with Crippen LogP contribution in [-0.2, 0) is 24.2 Å². The van der Waals surface area contributed by atoms with Gasteiger partial charge in [0.25, 0.3) is 0 Å². The number of rotatable bonds is 16. The summed E-state index contributed by atoms with van der Waals surface area (Å²) in [6.07, 6.45) is 3.96. The minimum Gasteiger partial charge on any atom is -0.508 e. The summed E-state index contributed by atoms with van der Waals surface area (Å²) in [6.45, 7) is 2.65. The van der Waals surface area contributed by atoms with Crippen molar-refractivity contribution in [3.8, 4) is 17.2 Å². The number of aliphatic hydroxyl groups excluding tert-OH is 3. The number of phenolic OH excluding ortho intramolecular Hbond substituents is 2. The van der Waals surface area contributed by atoms with Crippen molar-refractivity contribution in [2.75, 3.05) is 13.3 Å². The first kappa shape index (κ1) is 32.3. The molecule has 2 aliphatic rings. The maximum atomic E-state index is 12.4. The number of quaternary nitrogens is 1. The maximum absolute atomic E-state index is 12.4. The smallest absolute Gasteiger partial charge is 0.227 e. The third-order valence-corrected chi connectivity index (χ3v) is 7.84. The van der Waals surface area contributed by atoms with Gasteiger partial charge in [-0.15, -0.1) is 0 Å². The molecule has 0 aromatic heterocycles. The van der Waals surface area contributed by atoms with Crippen LogP contribution < -0.4 is 21.1 Å². The highest BCUT2D eigenvalue weighted by Gasteiger charge is 2.29. The molecule has 0 amide bonds. The number of Topliss-reactive ketones (excluding diaryl/α,β-unsaturated/α-hetero) is 1. The second-order valence-electron chi connectivity index (χ2n) is 11.3. The van der Waals surface area contributed by atoms with Crippen LogP contribution in [0.4, 0.5) is 0 Å². The molecule has 11 nitrogen and oxygen atoms in total. The second-order valence-corrected chi connectivity index (χ2v) is 11.3. The average Bonchev–Trinajstić information content (AvgIpc) is 3.53. The molecule has 0 bridgehead atoms. The van der Waals surface area contributed by atoms with Gasteiger partial charge < -0.3 is 41.7 Å². The maximum Gasteiger partial charge on any atom is 0.227 e. The van der Waals surface area contributed by atoms with Crippen LogP contribution in [0, 0.1) is 0 Å². The Morgan fingerprint density at radius 3 is 2.58 bits per heavy atom. The van der Waals surface area contributed by atoms with Crippen molar-refractivity contribution in [1.29, 1.82) is 0 Å². The van der Waals surface area contributed by atoms with Gasteiger partial charge in [-0.2, -0.15) is 0 Å². The van der Waals surface area contributed by atoms with Gasteiger partial charge in [-0.3, -0.25) is 14.7 Å². The number of aromatic hydroxyl groups is 2. The number of nitrogens with one attached hydrogen (secondary N) is 1. The number of phenols is 2. The van der Waals surface area contributed by atoms with Crippen molar-refractivity contribution in [2.45, 2.75) is 76.9 Å². The van der Waals surface area contributed by atoms with E-state index in [1.54, 1.807) is 0 Å². The lowest BCUT2D eigenvalue weighted by atomic mass is 9.95. The Hall–Kier alpha value is -3.58. The van der Waals surface area contributed by atoms with Crippen molar-refractivity contribution in [1.82, 2.24) is 0 Å². The van der Waals surface area contributed by atoms with Crippen molar-refractivity contribution >= 4 is 12.0 Å². The summed E-state index contributed by atoms with van der Waals surface area (Å²) in [5.74, 6) is -0.357. The third kappa shape index (κ3) is 8.50. The van der Waals surface area contributed by atoms with Crippen LogP contribution >= 0.6 is 0 Å². The fourth-order valence-electron chi connectivity index (χ4n) is 5.46. The SMILES string of the molecule is CCC[C@H](O)C[C@@H](O)CC(=O)CCc1cc(OC[NH+]2C=C3N=CC(Cc4cc(C(N)N)ccc4CO)=C3C2)c(O)cc1O. The molecule has 232 valence electrons. The Morgan fingerprint density at radius 2 is 1.86 bits per heavy atom. The zero-order chi connectivity index (χ0) is 31.1. The summed E-state index contributed by atoms with van der Waals surface area (Å²) in [4.78, 5) is 17.9. The highest BCUT2D eigenvalue weighted by Crippen LogP contribution is 2.34. The standard InChI is InChI=1S/C32H42N4O7/c1-2-3-24(38)11-26(40)12-25(39)7-6-19-10-31(30(42)13-29(19)41)43-18-36-15-27-23(14-35-28(27)16-36)9-22-8-20(32(33)34)4-5-21(22)17-37/h4-5,8,10,13-14,16,24,26,32,37-38,40-42H,2-3,6-7,9,11-12,15,17-18,33-34H2,1H3/p+1/t24-,26+/m0/s1. The summed E-state index contributed by atoms with van der Waals surface area (Å²) in [7, 11) is 0. The summed E-state index contributed by atoms with van der Waals surface area (Å²) < 4.78 is 5.92. The van der Waals surface area contributed by atoms with Gasteiger partial charge in [0.1, 0.15) is 30.0 Å². The number of aliphatic hydroxyl groups is 3. The summed E-state index contributed by atoms with van der Waals surface area (Å²) in [5, 5.41) is 50.5. The lowest BCUT2D eigenvalue weighted by molar-refractivity contribution is -0.855. The van der Waals surface area contributed by atoms with E-state index < -0.39 is 18.4 Å². The fraction of sp³-hybridized carbons (Fsp3) is 0.438. The molecule has 11 heteroatoms. The molecule has 43 heavy (non-hydrogen) atoms. The van der Waals surface area contributed by atoms with E-state index in [0.717, 1.165) is 44.9 Å². The second kappa shape index (κ2) is 14.7. The van der Waals surface area contributed by atoms with E-state index in [-0.39, 0.29) is 62.1 Å². The van der Waals surface area contributed by atoms with E-state index in [0.29, 0.717) is 24.9 Å². The number of hydrogen-bond acceptors (Lipinski definition) is 10. The number of hydrogen-bond donors (Lipinski definition) is 8. The molecular formula is C32H43N4O7+. The molecule has 0 fully saturated rings. The molecule has 2 heterocycles. The van der Waals surface area contributed by atoms with Crippen LogP contribution in [0.25, 0.3) is 0 Å². The molecule has 0 radical (unpaired) electrons. The van der Waals surface area contributed by atoms with Gasteiger partial charge in [0.2, 0.25) is 6.73 Å². The van der Waals surface area contributed by atoms with Gasteiger partial charge in [-0.1, -0.05) is 31.5 Å².